The molecule has 1 aliphatic rings. The Kier molecular flexibility index (Phi) is 5.03. The Morgan fingerprint density at radius 1 is 1.24 bits per heavy atom. The minimum atomic E-state index is 0.536. The Morgan fingerprint density at radius 2 is 1.94 bits per heavy atom. The Morgan fingerprint density at radius 3 is 2.59 bits per heavy atom. The summed E-state index contributed by atoms with van der Waals surface area (Å²) in [5.74, 6) is 1.52. The molecule has 0 atom stereocenters. The summed E-state index contributed by atoms with van der Waals surface area (Å²) in [6.07, 6.45) is 8.52. The summed E-state index contributed by atoms with van der Waals surface area (Å²) in [6.45, 7) is 2.17. The predicted octanol–water partition coefficient (Wildman–Crippen LogP) is 4.73. The van der Waals surface area contributed by atoms with E-state index in [2.05, 4.69) is 34.5 Å². The first-order chi connectivity index (χ1) is 8.22. The van der Waals surface area contributed by atoms with E-state index in [1.807, 2.05) is 0 Å². The maximum Gasteiger partial charge on any atom is 0.146 e. The average Bonchev–Trinajstić information content (AvgIpc) is 2.36. The van der Waals surface area contributed by atoms with E-state index in [1.54, 1.807) is 0 Å². The van der Waals surface area contributed by atoms with Crippen LogP contribution in [0.3, 0.4) is 0 Å². The fourth-order valence-corrected chi connectivity index (χ4v) is 3.13. The quantitative estimate of drug-likeness (QED) is 0.572. The molecule has 0 amide bonds. The minimum absolute atomic E-state index is 0.536. The van der Waals surface area contributed by atoms with E-state index in [1.165, 1.54) is 32.1 Å². The zero-order chi connectivity index (χ0) is 12.3. The van der Waals surface area contributed by atoms with Crippen molar-refractivity contribution in [2.75, 3.05) is 0 Å². The van der Waals surface area contributed by atoms with Gasteiger partial charge in [0, 0.05) is 5.92 Å². The molecule has 2 nitrogen and oxygen atoms in total. The molecule has 1 heterocycles. The lowest BCUT2D eigenvalue weighted by atomic mass is 9.88. The van der Waals surface area contributed by atoms with E-state index < -0.39 is 0 Å². The number of hydrogen-bond donors (Lipinski definition) is 0. The van der Waals surface area contributed by atoms with Crippen molar-refractivity contribution in [1.29, 1.82) is 0 Å². The molecule has 1 aliphatic carbocycles. The van der Waals surface area contributed by atoms with E-state index in [9.17, 15) is 0 Å². The highest BCUT2D eigenvalue weighted by atomic mass is 127. The van der Waals surface area contributed by atoms with E-state index in [-0.39, 0.29) is 0 Å². The molecule has 0 aromatic carbocycles. The normalized spacial score (nSPS) is 17.4. The van der Waals surface area contributed by atoms with E-state index in [0.717, 1.165) is 27.9 Å². The van der Waals surface area contributed by atoms with E-state index in [0.29, 0.717) is 11.1 Å². The maximum absolute atomic E-state index is 6.22. The molecular weight excluding hydrogens is 347 g/mol. The van der Waals surface area contributed by atoms with Gasteiger partial charge in [-0.3, -0.25) is 0 Å². The Balaban J connectivity index is 2.27. The molecule has 94 valence electrons. The van der Waals surface area contributed by atoms with Gasteiger partial charge in [-0.1, -0.05) is 44.2 Å². The molecule has 4 heteroatoms. The van der Waals surface area contributed by atoms with Crippen molar-refractivity contribution >= 4 is 34.2 Å². The molecule has 0 N–H and O–H groups in total. The number of halogens is 2. The van der Waals surface area contributed by atoms with Crippen molar-refractivity contribution in [2.24, 2.45) is 0 Å². The molecule has 0 unspecified atom stereocenters. The molecule has 0 saturated heterocycles. The third-order valence-corrected chi connectivity index (χ3v) is 5.08. The van der Waals surface area contributed by atoms with Crippen LogP contribution in [0.25, 0.3) is 0 Å². The highest BCUT2D eigenvalue weighted by Gasteiger charge is 2.20. The molecule has 1 aromatic rings. The van der Waals surface area contributed by atoms with Crippen LogP contribution < -0.4 is 0 Å². The van der Waals surface area contributed by atoms with Crippen LogP contribution in [0.2, 0.25) is 5.15 Å². The predicted molar refractivity (Wildman–Crippen MR) is 79.6 cm³/mol. The summed E-state index contributed by atoms with van der Waals surface area (Å²) in [5, 5.41) is 0.643. The van der Waals surface area contributed by atoms with Crippen LogP contribution in [0.4, 0.5) is 0 Å². The third kappa shape index (κ3) is 3.31. The Hall–Kier alpha value is 0.100. The first kappa shape index (κ1) is 13.5. The van der Waals surface area contributed by atoms with Crippen LogP contribution >= 0.6 is 34.2 Å². The summed E-state index contributed by atoms with van der Waals surface area (Å²) < 4.78 is 1.03. The van der Waals surface area contributed by atoms with Gasteiger partial charge in [-0.2, -0.15) is 0 Å². The van der Waals surface area contributed by atoms with Gasteiger partial charge in [-0.05, 0) is 41.9 Å². The lowest BCUT2D eigenvalue weighted by Crippen LogP contribution is -2.11. The van der Waals surface area contributed by atoms with Crippen LogP contribution in [0.1, 0.15) is 62.9 Å². The van der Waals surface area contributed by atoms with E-state index in [4.69, 9.17) is 16.6 Å². The summed E-state index contributed by atoms with van der Waals surface area (Å²) in [4.78, 5) is 9.23. The molecule has 0 bridgehead atoms. The van der Waals surface area contributed by atoms with Gasteiger partial charge >= 0.3 is 0 Å². The fraction of sp³-hybridized carbons (Fsp3) is 0.692. The lowest BCUT2D eigenvalue weighted by molar-refractivity contribution is 0.427. The van der Waals surface area contributed by atoms with Gasteiger partial charge in [-0.25, -0.2) is 9.97 Å². The van der Waals surface area contributed by atoms with Gasteiger partial charge in [0.2, 0.25) is 0 Å². The van der Waals surface area contributed by atoms with Crippen LogP contribution in [0, 0.1) is 3.57 Å². The molecule has 0 aliphatic heterocycles. The first-order valence-electron chi connectivity index (χ1n) is 6.44. The molecule has 0 spiro atoms. The smallest absolute Gasteiger partial charge is 0.146 e. The van der Waals surface area contributed by atoms with Crippen molar-refractivity contribution in [2.45, 2.75) is 57.8 Å². The van der Waals surface area contributed by atoms with Crippen molar-refractivity contribution in [3.05, 3.63) is 20.2 Å². The maximum atomic E-state index is 6.22. The SMILES string of the molecule is CCCc1nc(C2CCCCC2)nc(Cl)c1I. The molecule has 0 radical (unpaired) electrons. The summed E-state index contributed by atoms with van der Waals surface area (Å²) in [5.41, 5.74) is 1.13. The average molecular weight is 365 g/mol. The second kappa shape index (κ2) is 6.32. The topological polar surface area (TPSA) is 25.8 Å². The fourth-order valence-electron chi connectivity index (χ4n) is 2.43. The number of aryl methyl sites for hydroxylation is 1. The van der Waals surface area contributed by atoms with Gasteiger partial charge in [0.25, 0.3) is 0 Å². The summed E-state index contributed by atoms with van der Waals surface area (Å²) in [6, 6.07) is 0. The molecule has 2 rings (SSSR count). The van der Waals surface area contributed by atoms with Crippen LogP contribution in [0.5, 0.6) is 0 Å². The highest BCUT2D eigenvalue weighted by Crippen LogP contribution is 2.32. The van der Waals surface area contributed by atoms with Crippen molar-refractivity contribution < 1.29 is 0 Å². The second-order valence-corrected chi connectivity index (χ2v) is 6.15. The minimum Gasteiger partial charge on any atom is -0.236 e. The van der Waals surface area contributed by atoms with Crippen LogP contribution in [-0.2, 0) is 6.42 Å². The van der Waals surface area contributed by atoms with Gasteiger partial charge < -0.3 is 0 Å². The number of rotatable bonds is 3. The Bertz CT molecular complexity index is 389. The summed E-state index contributed by atoms with van der Waals surface area (Å²) in [7, 11) is 0. The monoisotopic (exact) mass is 364 g/mol. The van der Waals surface area contributed by atoms with Crippen molar-refractivity contribution in [3.8, 4) is 0 Å². The second-order valence-electron chi connectivity index (χ2n) is 4.72. The zero-order valence-electron chi connectivity index (χ0n) is 10.2. The van der Waals surface area contributed by atoms with Crippen molar-refractivity contribution in [3.63, 3.8) is 0 Å². The standard InChI is InChI=1S/C13H18ClIN2/c1-2-6-10-11(15)12(14)17-13(16-10)9-7-4-3-5-8-9/h9H,2-8H2,1H3. The summed E-state index contributed by atoms with van der Waals surface area (Å²) >= 11 is 8.47. The molecule has 1 saturated carbocycles. The van der Waals surface area contributed by atoms with Gasteiger partial charge in [0.05, 0.1) is 9.26 Å². The number of nitrogens with zero attached hydrogens (tertiary/aromatic N) is 2. The van der Waals surface area contributed by atoms with Crippen molar-refractivity contribution in [1.82, 2.24) is 9.97 Å². The van der Waals surface area contributed by atoms with Crippen LogP contribution in [0.15, 0.2) is 0 Å². The van der Waals surface area contributed by atoms with Gasteiger partial charge in [0.1, 0.15) is 11.0 Å². The molecular formula is C13H18ClIN2. The molecule has 1 fully saturated rings. The number of aromatic nitrogens is 2. The lowest BCUT2D eigenvalue weighted by Gasteiger charge is -2.21. The molecule has 1 aromatic heterocycles. The van der Waals surface area contributed by atoms with Gasteiger partial charge in [0.15, 0.2) is 0 Å². The zero-order valence-corrected chi connectivity index (χ0v) is 13.1. The largest absolute Gasteiger partial charge is 0.236 e. The van der Waals surface area contributed by atoms with Gasteiger partial charge in [-0.15, -0.1) is 0 Å². The number of hydrogen-bond acceptors (Lipinski definition) is 2. The van der Waals surface area contributed by atoms with Crippen LogP contribution in [-0.4, -0.2) is 9.97 Å². The Labute approximate surface area is 122 Å². The highest BCUT2D eigenvalue weighted by molar-refractivity contribution is 14.1. The van der Waals surface area contributed by atoms with E-state index >= 15 is 0 Å². The first-order valence-corrected chi connectivity index (χ1v) is 7.89. The molecule has 17 heavy (non-hydrogen) atoms. The third-order valence-electron chi connectivity index (χ3n) is 3.35.